The minimum absolute atomic E-state index is 0.0577. The molecule has 0 aromatic heterocycles. The maximum absolute atomic E-state index is 11.2. The van der Waals surface area contributed by atoms with Crippen molar-refractivity contribution in [3.05, 3.63) is 48.5 Å². The molecular weight excluding hydrogens is 390 g/mol. The molecule has 0 aliphatic heterocycles. The number of hydrogen-bond acceptors (Lipinski definition) is 6. The van der Waals surface area contributed by atoms with E-state index in [9.17, 15) is 4.79 Å². The van der Waals surface area contributed by atoms with Gasteiger partial charge in [0.25, 0.3) is 0 Å². The standard InChI is InChI=1S/C12H19N3O.C12H20N2O/c1-3-15(8-7-12(16)14-2)11-6-4-5-10(13)9-11;1-3-14(8-5-9-15-2)12-7-4-6-11(13)10-12/h4-6,9H,3,7-8,13H2,1-2H3,(H,14,16);4,6-7,10H,3,5,8-9,13H2,1-2H3. The molecular formula is C24H39N5O2. The minimum Gasteiger partial charge on any atom is -0.399 e. The van der Waals surface area contributed by atoms with Gasteiger partial charge < -0.3 is 31.3 Å². The highest BCUT2D eigenvalue weighted by Crippen LogP contribution is 2.18. The second kappa shape index (κ2) is 15.0. The van der Waals surface area contributed by atoms with E-state index in [-0.39, 0.29) is 5.91 Å². The topological polar surface area (TPSA) is 96.8 Å². The lowest BCUT2D eigenvalue weighted by Crippen LogP contribution is -2.29. The summed E-state index contributed by atoms with van der Waals surface area (Å²) in [7, 11) is 3.38. The fourth-order valence-electron chi connectivity index (χ4n) is 3.14. The number of nitrogen functional groups attached to an aromatic ring is 2. The van der Waals surface area contributed by atoms with Gasteiger partial charge >= 0.3 is 0 Å². The maximum atomic E-state index is 11.2. The summed E-state index contributed by atoms with van der Waals surface area (Å²) in [6.45, 7) is 8.59. The predicted octanol–water partition coefficient (Wildman–Crippen LogP) is 3.36. The van der Waals surface area contributed by atoms with Crippen LogP contribution in [0, 0.1) is 0 Å². The molecule has 0 saturated carbocycles. The van der Waals surface area contributed by atoms with E-state index in [1.54, 1.807) is 14.2 Å². The van der Waals surface area contributed by atoms with Gasteiger partial charge in [-0.05, 0) is 56.7 Å². The van der Waals surface area contributed by atoms with Crippen molar-refractivity contribution < 1.29 is 9.53 Å². The summed E-state index contributed by atoms with van der Waals surface area (Å²) in [5, 5.41) is 2.62. The van der Waals surface area contributed by atoms with Crippen molar-refractivity contribution in [3.63, 3.8) is 0 Å². The summed E-state index contributed by atoms with van der Waals surface area (Å²) in [6, 6.07) is 15.7. The van der Waals surface area contributed by atoms with Crippen LogP contribution in [0.25, 0.3) is 0 Å². The monoisotopic (exact) mass is 429 g/mol. The molecule has 0 saturated heterocycles. The Labute approximate surface area is 187 Å². The number of methoxy groups -OCH3 is 1. The van der Waals surface area contributed by atoms with Gasteiger partial charge in [0.15, 0.2) is 0 Å². The number of anilines is 4. The lowest BCUT2D eigenvalue weighted by molar-refractivity contribution is -0.120. The molecule has 0 radical (unpaired) electrons. The number of hydrogen-bond donors (Lipinski definition) is 3. The largest absolute Gasteiger partial charge is 0.399 e. The van der Waals surface area contributed by atoms with Gasteiger partial charge in [-0.2, -0.15) is 0 Å². The number of carbonyl (C=O) groups excluding carboxylic acids is 1. The van der Waals surface area contributed by atoms with Crippen LogP contribution in [-0.2, 0) is 9.53 Å². The molecule has 5 N–H and O–H groups in total. The molecule has 0 aliphatic carbocycles. The number of nitrogens with one attached hydrogen (secondary N) is 1. The molecule has 2 aromatic rings. The van der Waals surface area contributed by atoms with Crippen molar-refractivity contribution in [3.8, 4) is 0 Å². The Morgan fingerprint density at radius 2 is 1.45 bits per heavy atom. The van der Waals surface area contributed by atoms with Crippen molar-refractivity contribution >= 4 is 28.7 Å². The van der Waals surface area contributed by atoms with Crippen LogP contribution in [0.2, 0.25) is 0 Å². The second-order valence-electron chi connectivity index (χ2n) is 7.12. The Hall–Kier alpha value is -2.93. The highest BCUT2D eigenvalue weighted by Gasteiger charge is 2.07. The lowest BCUT2D eigenvalue weighted by Gasteiger charge is -2.23. The van der Waals surface area contributed by atoms with Crippen LogP contribution in [0.5, 0.6) is 0 Å². The molecule has 0 unspecified atom stereocenters. The molecule has 1 amide bonds. The van der Waals surface area contributed by atoms with Crippen LogP contribution in [-0.4, -0.2) is 52.9 Å². The van der Waals surface area contributed by atoms with Crippen molar-refractivity contribution in [1.29, 1.82) is 0 Å². The van der Waals surface area contributed by atoms with Gasteiger partial charge in [0.1, 0.15) is 0 Å². The first-order valence-corrected chi connectivity index (χ1v) is 10.9. The van der Waals surface area contributed by atoms with Gasteiger partial charge in [-0.3, -0.25) is 4.79 Å². The molecule has 0 bridgehead atoms. The molecule has 7 nitrogen and oxygen atoms in total. The quantitative estimate of drug-likeness (QED) is 0.374. The average molecular weight is 430 g/mol. The number of amides is 1. The first-order chi connectivity index (χ1) is 14.9. The smallest absolute Gasteiger partial charge is 0.221 e. The van der Waals surface area contributed by atoms with Gasteiger partial charge in [-0.1, -0.05) is 12.1 Å². The predicted molar refractivity (Wildman–Crippen MR) is 133 cm³/mol. The third-order valence-electron chi connectivity index (χ3n) is 4.90. The zero-order valence-corrected chi connectivity index (χ0v) is 19.4. The van der Waals surface area contributed by atoms with E-state index in [0.29, 0.717) is 13.0 Å². The number of carbonyl (C=O) groups is 1. The molecule has 2 aromatic carbocycles. The van der Waals surface area contributed by atoms with E-state index in [1.165, 1.54) is 5.69 Å². The van der Waals surface area contributed by atoms with Crippen LogP contribution in [0.15, 0.2) is 48.5 Å². The van der Waals surface area contributed by atoms with E-state index < -0.39 is 0 Å². The van der Waals surface area contributed by atoms with E-state index in [2.05, 4.69) is 35.0 Å². The SMILES string of the molecule is CCN(CCC(=O)NC)c1cccc(N)c1.CCN(CCCOC)c1cccc(N)c1. The summed E-state index contributed by atoms with van der Waals surface area (Å²) in [5.74, 6) is 0.0577. The van der Waals surface area contributed by atoms with Crippen LogP contribution in [0.1, 0.15) is 26.7 Å². The lowest BCUT2D eigenvalue weighted by atomic mass is 10.2. The van der Waals surface area contributed by atoms with E-state index >= 15 is 0 Å². The summed E-state index contributed by atoms with van der Waals surface area (Å²) in [4.78, 5) is 15.6. The molecule has 0 heterocycles. The Kier molecular flexibility index (Phi) is 12.6. The van der Waals surface area contributed by atoms with E-state index in [4.69, 9.17) is 16.2 Å². The summed E-state index contributed by atoms with van der Waals surface area (Å²) >= 11 is 0. The summed E-state index contributed by atoms with van der Waals surface area (Å²) in [6.07, 6.45) is 1.54. The Morgan fingerprint density at radius 1 is 0.935 bits per heavy atom. The zero-order valence-electron chi connectivity index (χ0n) is 19.4. The molecule has 2 rings (SSSR count). The van der Waals surface area contributed by atoms with Crippen molar-refractivity contribution in [2.75, 3.05) is 68.2 Å². The van der Waals surface area contributed by atoms with Crippen molar-refractivity contribution in [2.45, 2.75) is 26.7 Å². The van der Waals surface area contributed by atoms with Crippen molar-refractivity contribution in [1.82, 2.24) is 5.32 Å². The molecule has 0 aliphatic rings. The summed E-state index contributed by atoms with van der Waals surface area (Å²) < 4.78 is 5.04. The van der Waals surface area contributed by atoms with Crippen LogP contribution in [0.4, 0.5) is 22.7 Å². The summed E-state index contributed by atoms with van der Waals surface area (Å²) in [5.41, 5.74) is 15.3. The highest BCUT2D eigenvalue weighted by molar-refractivity contribution is 5.76. The number of rotatable bonds is 11. The Balaban J connectivity index is 0.000000311. The first kappa shape index (κ1) is 26.1. The molecule has 7 heteroatoms. The molecule has 0 atom stereocenters. The van der Waals surface area contributed by atoms with Crippen molar-refractivity contribution in [2.24, 2.45) is 0 Å². The maximum Gasteiger partial charge on any atom is 0.221 e. The van der Waals surface area contributed by atoms with Gasteiger partial charge in [-0.25, -0.2) is 0 Å². The fraction of sp³-hybridized carbons (Fsp3) is 0.458. The Bertz CT molecular complexity index is 769. The zero-order chi connectivity index (χ0) is 23.1. The third-order valence-corrected chi connectivity index (χ3v) is 4.90. The second-order valence-corrected chi connectivity index (χ2v) is 7.12. The molecule has 172 valence electrons. The van der Waals surface area contributed by atoms with Crippen LogP contribution in [0.3, 0.4) is 0 Å². The molecule has 31 heavy (non-hydrogen) atoms. The minimum atomic E-state index is 0.0577. The number of benzene rings is 2. The molecule has 0 spiro atoms. The normalized spacial score (nSPS) is 10.1. The number of ether oxygens (including phenoxy) is 1. The average Bonchev–Trinajstić information content (AvgIpc) is 2.77. The number of nitrogens with two attached hydrogens (primary N) is 2. The van der Waals surface area contributed by atoms with Crippen LogP contribution >= 0.6 is 0 Å². The van der Waals surface area contributed by atoms with Gasteiger partial charge in [0.2, 0.25) is 5.91 Å². The van der Waals surface area contributed by atoms with Gasteiger partial charge in [0, 0.05) is 76.1 Å². The third kappa shape index (κ3) is 10.1. The van der Waals surface area contributed by atoms with Gasteiger partial charge in [-0.15, -0.1) is 0 Å². The number of nitrogens with zero attached hydrogens (tertiary/aromatic N) is 2. The van der Waals surface area contributed by atoms with E-state index in [1.807, 2.05) is 42.5 Å². The van der Waals surface area contributed by atoms with E-state index in [0.717, 1.165) is 49.7 Å². The van der Waals surface area contributed by atoms with Crippen LogP contribution < -0.4 is 26.6 Å². The Morgan fingerprint density at radius 3 is 1.87 bits per heavy atom. The molecule has 0 fully saturated rings. The first-order valence-electron chi connectivity index (χ1n) is 10.9. The highest BCUT2D eigenvalue weighted by atomic mass is 16.5. The van der Waals surface area contributed by atoms with Gasteiger partial charge in [0.05, 0.1) is 0 Å². The fourth-order valence-corrected chi connectivity index (χ4v) is 3.14.